The Morgan fingerprint density at radius 2 is 2.00 bits per heavy atom. The molecule has 0 heterocycles. The predicted octanol–water partition coefficient (Wildman–Crippen LogP) is 3.39. The molecule has 1 nitrogen and oxygen atoms in total. The van der Waals surface area contributed by atoms with Crippen molar-refractivity contribution in [1.82, 2.24) is 0 Å². The summed E-state index contributed by atoms with van der Waals surface area (Å²) in [5.74, 6) is 0.194. The second kappa shape index (κ2) is 3.31. The Labute approximate surface area is 94.8 Å². The lowest BCUT2D eigenvalue weighted by atomic mass is 9.72. The van der Waals surface area contributed by atoms with Gasteiger partial charge in [0.2, 0.25) is 0 Å². The first-order valence-corrected chi connectivity index (χ1v) is 5.50. The molecule has 0 amide bonds. The van der Waals surface area contributed by atoms with Gasteiger partial charge in [0, 0.05) is 11.1 Å². The summed E-state index contributed by atoms with van der Waals surface area (Å²) in [6.45, 7) is 3.69. The van der Waals surface area contributed by atoms with E-state index in [2.05, 4.69) is 12.6 Å². The van der Waals surface area contributed by atoms with Crippen molar-refractivity contribution in [3.05, 3.63) is 59.7 Å². The van der Waals surface area contributed by atoms with Crippen LogP contribution in [0.4, 0.5) is 0 Å². The Kier molecular flexibility index (Phi) is 1.93. The van der Waals surface area contributed by atoms with Gasteiger partial charge in [-0.2, -0.15) is 0 Å². The van der Waals surface area contributed by atoms with Crippen LogP contribution in [0.15, 0.2) is 48.6 Å². The van der Waals surface area contributed by atoms with Gasteiger partial charge in [-0.1, -0.05) is 36.4 Å². The maximum Gasteiger partial charge on any atom is 0.189 e. The van der Waals surface area contributed by atoms with E-state index in [1.807, 2.05) is 24.3 Å². The number of ketones is 1. The summed E-state index contributed by atoms with van der Waals surface area (Å²) in [6, 6.07) is 8.13. The van der Waals surface area contributed by atoms with Gasteiger partial charge in [-0.15, -0.1) is 6.58 Å². The number of hydrogen-bond acceptors (Lipinski definition) is 1. The standard InChI is InChI=1S/C15H12O/c1-2-5-10-8-9-13-11-6-3-4-7-12(11)14(13)15(10)16/h2-4,6-8H,1,5,9H2. The molecule has 0 atom stereocenters. The van der Waals surface area contributed by atoms with Crippen molar-refractivity contribution in [3.8, 4) is 0 Å². The Morgan fingerprint density at radius 3 is 2.75 bits per heavy atom. The van der Waals surface area contributed by atoms with E-state index >= 15 is 0 Å². The Balaban J connectivity index is 2.01. The van der Waals surface area contributed by atoms with Crippen molar-refractivity contribution in [3.63, 3.8) is 0 Å². The van der Waals surface area contributed by atoms with E-state index in [0.29, 0.717) is 6.42 Å². The molecule has 0 saturated heterocycles. The molecule has 2 aliphatic rings. The molecular weight excluding hydrogens is 196 g/mol. The summed E-state index contributed by atoms with van der Waals surface area (Å²) >= 11 is 0. The van der Waals surface area contributed by atoms with Crippen LogP contribution in [0.5, 0.6) is 0 Å². The maximum absolute atomic E-state index is 12.2. The molecule has 0 aromatic heterocycles. The van der Waals surface area contributed by atoms with Gasteiger partial charge in [-0.05, 0) is 29.5 Å². The molecule has 78 valence electrons. The Bertz CT molecular complexity index is 559. The van der Waals surface area contributed by atoms with Crippen LogP contribution in [0.25, 0.3) is 11.1 Å². The van der Waals surface area contributed by atoms with Crippen LogP contribution in [-0.2, 0) is 4.79 Å². The number of benzene rings is 1. The molecule has 16 heavy (non-hydrogen) atoms. The third kappa shape index (κ3) is 1.09. The molecule has 0 aliphatic heterocycles. The monoisotopic (exact) mass is 208 g/mol. The lowest BCUT2D eigenvalue weighted by Gasteiger charge is -2.30. The Morgan fingerprint density at radius 1 is 1.25 bits per heavy atom. The van der Waals surface area contributed by atoms with Crippen molar-refractivity contribution in [2.24, 2.45) is 0 Å². The first-order valence-electron chi connectivity index (χ1n) is 5.50. The van der Waals surface area contributed by atoms with E-state index in [-0.39, 0.29) is 5.78 Å². The summed E-state index contributed by atoms with van der Waals surface area (Å²) < 4.78 is 0. The molecule has 1 heteroatoms. The second-order valence-electron chi connectivity index (χ2n) is 4.15. The van der Waals surface area contributed by atoms with Crippen molar-refractivity contribution < 1.29 is 4.79 Å². The van der Waals surface area contributed by atoms with Crippen LogP contribution >= 0.6 is 0 Å². The summed E-state index contributed by atoms with van der Waals surface area (Å²) in [5.41, 5.74) is 5.42. The van der Waals surface area contributed by atoms with E-state index in [4.69, 9.17) is 0 Å². The number of carbonyl (C=O) groups excluding carboxylic acids is 1. The molecule has 0 radical (unpaired) electrons. The zero-order chi connectivity index (χ0) is 11.1. The predicted molar refractivity (Wildman–Crippen MR) is 65.8 cm³/mol. The van der Waals surface area contributed by atoms with Gasteiger partial charge in [0.1, 0.15) is 0 Å². The van der Waals surface area contributed by atoms with Crippen molar-refractivity contribution in [1.29, 1.82) is 0 Å². The van der Waals surface area contributed by atoms with Gasteiger partial charge in [-0.25, -0.2) is 0 Å². The topological polar surface area (TPSA) is 17.1 Å². The quantitative estimate of drug-likeness (QED) is 0.681. The highest BCUT2D eigenvalue weighted by atomic mass is 16.1. The summed E-state index contributed by atoms with van der Waals surface area (Å²) in [5, 5.41) is 0. The largest absolute Gasteiger partial charge is 0.289 e. The molecule has 0 unspecified atom stereocenters. The average Bonchev–Trinajstić information content (AvgIpc) is 2.28. The van der Waals surface area contributed by atoms with Crippen LogP contribution in [0.3, 0.4) is 0 Å². The SMILES string of the molecule is C=CCC1=CCC2=C(C1=O)c1ccccc12. The van der Waals surface area contributed by atoms with Crippen LogP contribution in [0, 0.1) is 0 Å². The Hall–Kier alpha value is -1.89. The number of allylic oxidation sites excluding steroid dienone is 5. The number of hydrogen-bond donors (Lipinski definition) is 0. The van der Waals surface area contributed by atoms with Crippen molar-refractivity contribution in [2.45, 2.75) is 12.8 Å². The smallest absolute Gasteiger partial charge is 0.189 e. The molecule has 0 bridgehead atoms. The zero-order valence-electron chi connectivity index (χ0n) is 8.99. The summed E-state index contributed by atoms with van der Waals surface area (Å²) in [7, 11) is 0. The van der Waals surface area contributed by atoms with Crippen molar-refractivity contribution in [2.75, 3.05) is 0 Å². The fourth-order valence-corrected chi connectivity index (χ4v) is 2.48. The zero-order valence-corrected chi connectivity index (χ0v) is 8.99. The fourth-order valence-electron chi connectivity index (χ4n) is 2.48. The van der Waals surface area contributed by atoms with Gasteiger partial charge in [0.05, 0.1) is 0 Å². The third-order valence-corrected chi connectivity index (χ3v) is 3.26. The number of Topliss-reactive ketones (excluding diaryl/α,β-unsaturated/α-hetero) is 1. The molecule has 0 fully saturated rings. The van der Waals surface area contributed by atoms with E-state index in [1.54, 1.807) is 6.08 Å². The minimum atomic E-state index is 0.194. The van der Waals surface area contributed by atoms with Crippen LogP contribution in [-0.4, -0.2) is 5.78 Å². The van der Waals surface area contributed by atoms with Gasteiger partial charge < -0.3 is 0 Å². The molecule has 2 aliphatic carbocycles. The first kappa shape index (κ1) is 9.34. The first-order chi connectivity index (χ1) is 7.83. The minimum absolute atomic E-state index is 0.194. The molecule has 1 aromatic rings. The van der Waals surface area contributed by atoms with Gasteiger partial charge >= 0.3 is 0 Å². The normalized spacial score (nSPS) is 17.2. The fraction of sp³-hybridized carbons (Fsp3) is 0.133. The summed E-state index contributed by atoms with van der Waals surface area (Å²) in [4.78, 5) is 12.2. The molecule has 0 N–H and O–H groups in total. The second-order valence-corrected chi connectivity index (χ2v) is 4.15. The van der Waals surface area contributed by atoms with Gasteiger partial charge in [0.25, 0.3) is 0 Å². The summed E-state index contributed by atoms with van der Waals surface area (Å²) in [6.07, 6.45) is 5.40. The molecular formula is C15H12O. The molecule has 1 aromatic carbocycles. The van der Waals surface area contributed by atoms with E-state index in [1.165, 1.54) is 11.1 Å². The highest BCUT2D eigenvalue weighted by Crippen LogP contribution is 2.46. The van der Waals surface area contributed by atoms with Gasteiger partial charge in [0.15, 0.2) is 5.78 Å². The lowest BCUT2D eigenvalue weighted by Crippen LogP contribution is -2.19. The highest BCUT2D eigenvalue weighted by molar-refractivity contribution is 6.40. The van der Waals surface area contributed by atoms with Gasteiger partial charge in [-0.3, -0.25) is 4.79 Å². The van der Waals surface area contributed by atoms with E-state index in [0.717, 1.165) is 23.1 Å². The lowest BCUT2D eigenvalue weighted by molar-refractivity contribution is -0.110. The van der Waals surface area contributed by atoms with Crippen LogP contribution in [0.2, 0.25) is 0 Å². The maximum atomic E-state index is 12.2. The van der Waals surface area contributed by atoms with E-state index in [9.17, 15) is 4.79 Å². The van der Waals surface area contributed by atoms with Crippen LogP contribution in [0.1, 0.15) is 24.0 Å². The van der Waals surface area contributed by atoms with E-state index < -0.39 is 0 Å². The van der Waals surface area contributed by atoms with Crippen molar-refractivity contribution >= 4 is 16.9 Å². The highest BCUT2D eigenvalue weighted by Gasteiger charge is 2.33. The average molecular weight is 208 g/mol. The molecule has 0 saturated carbocycles. The minimum Gasteiger partial charge on any atom is -0.289 e. The number of fused-ring (bicyclic) bond motifs is 3. The third-order valence-electron chi connectivity index (χ3n) is 3.26. The molecule has 3 rings (SSSR count). The molecule has 0 spiro atoms. The number of rotatable bonds is 2. The number of carbonyl (C=O) groups is 1. The van der Waals surface area contributed by atoms with Crippen LogP contribution < -0.4 is 0 Å².